The zero-order valence-corrected chi connectivity index (χ0v) is 11.4. The lowest BCUT2D eigenvalue weighted by molar-refractivity contribution is 0.478. The van der Waals surface area contributed by atoms with Crippen molar-refractivity contribution in [3.63, 3.8) is 0 Å². The standard InChI is InChI=1S/C16H25N/c1-4-8-17-16-7-5-6-15(16)14-10-12(2)9-13(3)11-14/h9-11,15-17H,4-8H2,1-3H3. The summed E-state index contributed by atoms with van der Waals surface area (Å²) in [7, 11) is 0. The minimum Gasteiger partial charge on any atom is -0.313 e. The lowest BCUT2D eigenvalue weighted by Gasteiger charge is -2.22. The van der Waals surface area contributed by atoms with E-state index in [0.29, 0.717) is 6.04 Å². The van der Waals surface area contributed by atoms with Crippen LogP contribution in [0.2, 0.25) is 0 Å². The van der Waals surface area contributed by atoms with Crippen LogP contribution in [0.25, 0.3) is 0 Å². The molecule has 0 bridgehead atoms. The largest absolute Gasteiger partial charge is 0.313 e. The highest BCUT2D eigenvalue weighted by Gasteiger charge is 2.27. The van der Waals surface area contributed by atoms with Crippen LogP contribution in [0.4, 0.5) is 0 Å². The summed E-state index contributed by atoms with van der Waals surface area (Å²) in [5.41, 5.74) is 4.36. The lowest BCUT2D eigenvalue weighted by atomic mass is 9.91. The van der Waals surface area contributed by atoms with E-state index in [2.05, 4.69) is 44.3 Å². The highest BCUT2D eigenvalue weighted by molar-refractivity contribution is 5.32. The normalized spacial score (nSPS) is 24.2. The number of aryl methyl sites for hydroxylation is 2. The first-order valence-corrected chi connectivity index (χ1v) is 7.02. The molecule has 1 heteroatoms. The monoisotopic (exact) mass is 231 g/mol. The van der Waals surface area contributed by atoms with E-state index < -0.39 is 0 Å². The summed E-state index contributed by atoms with van der Waals surface area (Å²) in [4.78, 5) is 0. The van der Waals surface area contributed by atoms with Crippen molar-refractivity contribution in [1.29, 1.82) is 0 Å². The molecule has 1 fully saturated rings. The van der Waals surface area contributed by atoms with Gasteiger partial charge in [0, 0.05) is 6.04 Å². The van der Waals surface area contributed by atoms with Crippen molar-refractivity contribution in [3.8, 4) is 0 Å². The van der Waals surface area contributed by atoms with Crippen molar-refractivity contribution >= 4 is 0 Å². The van der Waals surface area contributed by atoms with Gasteiger partial charge < -0.3 is 5.32 Å². The van der Waals surface area contributed by atoms with Crippen molar-refractivity contribution in [1.82, 2.24) is 5.32 Å². The second-order valence-electron chi connectivity index (χ2n) is 5.52. The van der Waals surface area contributed by atoms with Crippen molar-refractivity contribution in [2.45, 2.75) is 58.4 Å². The number of hydrogen-bond donors (Lipinski definition) is 1. The van der Waals surface area contributed by atoms with Crippen LogP contribution >= 0.6 is 0 Å². The Kier molecular flexibility index (Phi) is 4.22. The van der Waals surface area contributed by atoms with Crippen molar-refractivity contribution in [2.24, 2.45) is 0 Å². The number of nitrogens with one attached hydrogen (secondary N) is 1. The maximum atomic E-state index is 3.72. The van der Waals surface area contributed by atoms with Gasteiger partial charge in [0.15, 0.2) is 0 Å². The fraction of sp³-hybridized carbons (Fsp3) is 0.625. The minimum absolute atomic E-state index is 0.705. The lowest BCUT2D eigenvalue weighted by Crippen LogP contribution is -2.31. The Morgan fingerprint density at radius 1 is 1.12 bits per heavy atom. The maximum Gasteiger partial charge on any atom is 0.0136 e. The molecule has 0 spiro atoms. The molecule has 1 nitrogen and oxygen atoms in total. The van der Waals surface area contributed by atoms with E-state index in [0.717, 1.165) is 12.5 Å². The molecule has 0 saturated heterocycles. The quantitative estimate of drug-likeness (QED) is 0.827. The van der Waals surface area contributed by atoms with E-state index >= 15 is 0 Å². The molecule has 2 rings (SSSR count). The Balaban J connectivity index is 2.14. The molecule has 0 radical (unpaired) electrons. The van der Waals surface area contributed by atoms with Crippen LogP contribution < -0.4 is 5.32 Å². The molecule has 0 aromatic heterocycles. The second kappa shape index (κ2) is 5.68. The van der Waals surface area contributed by atoms with Crippen LogP contribution in [-0.4, -0.2) is 12.6 Å². The number of rotatable bonds is 4. The second-order valence-corrected chi connectivity index (χ2v) is 5.52. The van der Waals surface area contributed by atoms with Crippen LogP contribution in [0.5, 0.6) is 0 Å². The fourth-order valence-corrected chi connectivity index (χ4v) is 3.16. The molecule has 0 amide bonds. The molecule has 94 valence electrons. The van der Waals surface area contributed by atoms with Crippen LogP contribution in [0.15, 0.2) is 18.2 Å². The van der Waals surface area contributed by atoms with Crippen molar-refractivity contribution in [3.05, 3.63) is 34.9 Å². The summed E-state index contributed by atoms with van der Waals surface area (Å²) >= 11 is 0. The average Bonchev–Trinajstić information content (AvgIpc) is 2.73. The van der Waals surface area contributed by atoms with Gasteiger partial charge in [0.1, 0.15) is 0 Å². The molecule has 1 aliphatic rings. The molecular formula is C16H25N. The summed E-state index contributed by atoms with van der Waals surface area (Å²) in [6.07, 6.45) is 5.30. The zero-order valence-electron chi connectivity index (χ0n) is 11.4. The van der Waals surface area contributed by atoms with Gasteiger partial charge in [0.25, 0.3) is 0 Å². The summed E-state index contributed by atoms with van der Waals surface area (Å²) in [6.45, 7) is 7.82. The molecule has 0 heterocycles. The predicted molar refractivity (Wildman–Crippen MR) is 74.6 cm³/mol. The first-order chi connectivity index (χ1) is 8.20. The Bertz CT molecular complexity index is 350. The molecular weight excluding hydrogens is 206 g/mol. The van der Waals surface area contributed by atoms with Crippen LogP contribution in [0.3, 0.4) is 0 Å². The fourth-order valence-electron chi connectivity index (χ4n) is 3.16. The predicted octanol–water partition coefficient (Wildman–Crippen LogP) is 3.94. The summed E-state index contributed by atoms with van der Waals surface area (Å²) in [5.74, 6) is 0.736. The first-order valence-electron chi connectivity index (χ1n) is 7.02. The van der Waals surface area contributed by atoms with Gasteiger partial charge in [-0.3, -0.25) is 0 Å². The Labute approximate surface area is 106 Å². The van der Waals surface area contributed by atoms with E-state index in [1.165, 1.54) is 36.8 Å². The average molecular weight is 231 g/mol. The van der Waals surface area contributed by atoms with E-state index in [1.807, 2.05) is 0 Å². The summed E-state index contributed by atoms with van der Waals surface area (Å²) in [6, 6.07) is 7.73. The molecule has 1 saturated carbocycles. The van der Waals surface area contributed by atoms with Gasteiger partial charge in [-0.05, 0) is 51.1 Å². The van der Waals surface area contributed by atoms with Gasteiger partial charge in [-0.15, -0.1) is 0 Å². The zero-order chi connectivity index (χ0) is 12.3. The molecule has 1 aromatic carbocycles. The minimum atomic E-state index is 0.705. The topological polar surface area (TPSA) is 12.0 Å². The van der Waals surface area contributed by atoms with Crippen LogP contribution in [0, 0.1) is 13.8 Å². The molecule has 1 N–H and O–H groups in total. The van der Waals surface area contributed by atoms with Crippen molar-refractivity contribution < 1.29 is 0 Å². The van der Waals surface area contributed by atoms with Gasteiger partial charge in [-0.1, -0.05) is 42.7 Å². The Morgan fingerprint density at radius 2 is 1.82 bits per heavy atom. The smallest absolute Gasteiger partial charge is 0.0136 e. The molecule has 2 atom stereocenters. The molecule has 0 aliphatic heterocycles. The van der Waals surface area contributed by atoms with Gasteiger partial charge in [-0.2, -0.15) is 0 Å². The van der Waals surface area contributed by atoms with E-state index in [-0.39, 0.29) is 0 Å². The van der Waals surface area contributed by atoms with E-state index in [1.54, 1.807) is 5.56 Å². The maximum absolute atomic E-state index is 3.72. The summed E-state index contributed by atoms with van der Waals surface area (Å²) in [5, 5.41) is 3.72. The molecule has 1 aromatic rings. The highest BCUT2D eigenvalue weighted by atomic mass is 14.9. The van der Waals surface area contributed by atoms with Crippen molar-refractivity contribution in [2.75, 3.05) is 6.54 Å². The number of hydrogen-bond acceptors (Lipinski definition) is 1. The van der Waals surface area contributed by atoms with Crippen LogP contribution in [0.1, 0.15) is 55.2 Å². The Morgan fingerprint density at radius 3 is 2.47 bits per heavy atom. The third-order valence-corrected chi connectivity index (χ3v) is 3.84. The van der Waals surface area contributed by atoms with Gasteiger partial charge in [0.2, 0.25) is 0 Å². The van der Waals surface area contributed by atoms with Crippen LogP contribution in [-0.2, 0) is 0 Å². The highest BCUT2D eigenvalue weighted by Crippen LogP contribution is 2.35. The van der Waals surface area contributed by atoms with Gasteiger partial charge in [-0.25, -0.2) is 0 Å². The first kappa shape index (κ1) is 12.6. The van der Waals surface area contributed by atoms with Gasteiger partial charge in [0.05, 0.1) is 0 Å². The van der Waals surface area contributed by atoms with E-state index in [9.17, 15) is 0 Å². The molecule has 1 aliphatic carbocycles. The third kappa shape index (κ3) is 3.10. The van der Waals surface area contributed by atoms with Gasteiger partial charge >= 0.3 is 0 Å². The number of benzene rings is 1. The summed E-state index contributed by atoms with van der Waals surface area (Å²) < 4.78 is 0. The molecule has 17 heavy (non-hydrogen) atoms. The third-order valence-electron chi connectivity index (χ3n) is 3.84. The Hall–Kier alpha value is -0.820. The molecule has 2 unspecified atom stereocenters. The van der Waals surface area contributed by atoms with E-state index in [4.69, 9.17) is 0 Å². The SMILES string of the molecule is CCCNC1CCCC1c1cc(C)cc(C)c1.